The van der Waals surface area contributed by atoms with Crippen molar-refractivity contribution in [2.45, 2.75) is 52.2 Å². The Balaban J connectivity index is 4.06. The van der Waals surface area contributed by atoms with E-state index in [4.69, 9.17) is 4.74 Å². The highest BCUT2D eigenvalue weighted by Crippen LogP contribution is 2.10. The van der Waals surface area contributed by atoms with E-state index in [-0.39, 0.29) is 17.6 Å². The maximum atomic E-state index is 11.5. The van der Waals surface area contributed by atoms with Crippen LogP contribution in [-0.2, 0) is 9.53 Å². The lowest BCUT2D eigenvalue weighted by Crippen LogP contribution is -2.39. The maximum Gasteiger partial charge on any atom is 0.323 e. The van der Waals surface area contributed by atoms with Gasteiger partial charge in [-0.25, -0.2) is 0 Å². The van der Waals surface area contributed by atoms with Crippen molar-refractivity contribution in [1.82, 2.24) is 5.32 Å². The summed E-state index contributed by atoms with van der Waals surface area (Å²) in [5, 5.41) is 2.95. The van der Waals surface area contributed by atoms with Crippen LogP contribution >= 0.6 is 0 Å². The van der Waals surface area contributed by atoms with Crippen molar-refractivity contribution in [1.29, 1.82) is 0 Å². The Kier molecular flexibility index (Phi) is 4.99. The van der Waals surface area contributed by atoms with Crippen LogP contribution in [0.5, 0.6) is 0 Å². The van der Waals surface area contributed by atoms with Crippen LogP contribution in [0.4, 0.5) is 0 Å². The fourth-order valence-corrected chi connectivity index (χ4v) is 1.04. The highest BCUT2D eigenvalue weighted by molar-refractivity contribution is 5.76. The molecule has 0 spiro atoms. The molecule has 0 aromatic rings. The zero-order valence-electron chi connectivity index (χ0n) is 9.31. The molecule has 0 aromatic heterocycles. The van der Waals surface area contributed by atoms with E-state index in [1.165, 1.54) is 0 Å². The summed E-state index contributed by atoms with van der Waals surface area (Å²) in [4.78, 5) is 11.5. The zero-order chi connectivity index (χ0) is 10.5. The Morgan fingerprint density at radius 2 is 2.00 bits per heavy atom. The minimum Gasteiger partial charge on any atom is -0.459 e. The van der Waals surface area contributed by atoms with Crippen molar-refractivity contribution in [3.63, 3.8) is 0 Å². The van der Waals surface area contributed by atoms with E-state index >= 15 is 0 Å². The summed E-state index contributed by atoms with van der Waals surface area (Å²) in [6, 6.07) is -0.163. The van der Waals surface area contributed by atoms with Crippen molar-refractivity contribution in [2.24, 2.45) is 0 Å². The quantitative estimate of drug-likeness (QED) is 0.681. The van der Waals surface area contributed by atoms with Gasteiger partial charge in [-0.15, -0.1) is 0 Å². The molecule has 13 heavy (non-hydrogen) atoms. The van der Waals surface area contributed by atoms with Crippen LogP contribution in [0.15, 0.2) is 0 Å². The first kappa shape index (κ1) is 12.4. The third kappa shape index (κ3) is 5.64. The topological polar surface area (TPSA) is 38.3 Å². The molecule has 0 fully saturated rings. The molecule has 0 bridgehead atoms. The first-order chi connectivity index (χ1) is 5.90. The van der Waals surface area contributed by atoms with E-state index in [9.17, 15) is 4.79 Å². The van der Waals surface area contributed by atoms with E-state index in [2.05, 4.69) is 12.2 Å². The van der Waals surface area contributed by atoms with Gasteiger partial charge in [-0.1, -0.05) is 13.3 Å². The Hall–Kier alpha value is -0.570. The largest absolute Gasteiger partial charge is 0.459 e. The van der Waals surface area contributed by atoms with Crippen molar-refractivity contribution in [3.05, 3.63) is 0 Å². The molecule has 0 saturated heterocycles. The van der Waals surface area contributed by atoms with Crippen LogP contribution in [0.2, 0.25) is 0 Å². The van der Waals surface area contributed by atoms with Gasteiger partial charge in [-0.2, -0.15) is 0 Å². The monoisotopic (exact) mass is 187 g/mol. The molecule has 1 atom stereocenters. The van der Waals surface area contributed by atoms with Crippen LogP contribution < -0.4 is 5.32 Å². The molecule has 0 saturated carbocycles. The summed E-state index contributed by atoms with van der Waals surface area (Å²) < 4.78 is 5.24. The number of hydrogen-bond donors (Lipinski definition) is 1. The second-order valence-electron chi connectivity index (χ2n) is 4.16. The van der Waals surface area contributed by atoms with E-state index in [0.717, 1.165) is 12.8 Å². The average Bonchev–Trinajstić information content (AvgIpc) is 1.96. The summed E-state index contributed by atoms with van der Waals surface area (Å²) in [5.74, 6) is -0.156. The SMILES string of the molecule is CCC[C@H](NC)C(=O)OC(C)(C)C. The molecule has 0 amide bonds. The van der Waals surface area contributed by atoms with Crippen molar-refractivity contribution in [3.8, 4) is 0 Å². The molecular weight excluding hydrogens is 166 g/mol. The molecule has 0 rings (SSSR count). The molecule has 78 valence electrons. The van der Waals surface area contributed by atoms with Gasteiger partial charge in [0.05, 0.1) is 0 Å². The number of hydrogen-bond acceptors (Lipinski definition) is 3. The van der Waals surface area contributed by atoms with Crippen LogP contribution in [0, 0.1) is 0 Å². The molecule has 3 nitrogen and oxygen atoms in total. The molecule has 0 aliphatic carbocycles. The maximum absolute atomic E-state index is 11.5. The molecule has 0 unspecified atom stereocenters. The van der Waals surface area contributed by atoms with Gasteiger partial charge in [-0.3, -0.25) is 4.79 Å². The predicted octanol–water partition coefficient (Wildman–Crippen LogP) is 1.72. The van der Waals surface area contributed by atoms with Gasteiger partial charge in [0.25, 0.3) is 0 Å². The van der Waals surface area contributed by atoms with E-state index < -0.39 is 0 Å². The second-order valence-corrected chi connectivity index (χ2v) is 4.16. The Morgan fingerprint density at radius 1 is 1.46 bits per heavy atom. The fourth-order valence-electron chi connectivity index (χ4n) is 1.04. The standard InChI is InChI=1S/C10H21NO2/c1-6-7-8(11-5)9(12)13-10(2,3)4/h8,11H,6-7H2,1-5H3/t8-/m0/s1. The lowest BCUT2D eigenvalue weighted by molar-refractivity contribution is -0.157. The van der Waals surface area contributed by atoms with Crippen LogP contribution in [0.1, 0.15) is 40.5 Å². The van der Waals surface area contributed by atoms with Gasteiger partial charge >= 0.3 is 5.97 Å². The molecule has 0 radical (unpaired) electrons. The molecule has 0 aromatic carbocycles. The van der Waals surface area contributed by atoms with Crippen LogP contribution in [0.25, 0.3) is 0 Å². The summed E-state index contributed by atoms with van der Waals surface area (Å²) in [6.45, 7) is 7.69. The number of rotatable bonds is 4. The van der Waals surface area contributed by atoms with Crippen molar-refractivity contribution >= 4 is 5.97 Å². The van der Waals surface area contributed by atoms with Crippen LogP contribution in [0.3, 0.4) is 0 Å². The summed E-state index contributed by atoms with van der Waals surface area (Å²) in [6.07, 6.45) is 1.80. The van der Waals surface area contributed by atoms with Gasteiger partial charge in [0.15, 0.2) is 0 Å². The smallest absolute Gasteiger partial charge is 0.323 e. The second kappa shape index (κ2) is 5.22. The zero-order valence-corrected chi connectivity index (χ0v) is 9.31. The van der Waals surface area contributed by atoms with Gasteiger partial charge in [0.2, 0.25) is 0 Å². The number of carbonyl (C=O) groups excluding carboxylic acids is 1. The first-order valence-electron chi connectivity index (χ1n) is 4.81. The van der Waals surface area contributed by atoms with E-state index in [1.807, 2.05) is 20.8 Å². The van der Waals surface area contributed by atoms with Crippen LogP contribution in [-0.4, -0.2) is 24.7 Å². The molecule has 0 aliphatic rings. The van der Waals surface area contributed by atoms with Gasteiger partial charge < -0.3 is 10.1 Å². The number of likely N-dealkylation sites (N-methyl/N-ethyl adjacent to an activating group) is 1. The Labute approximate surface area is 80.8 Å². The molecule has 0 heterocycles. The average molecular weight is 187 g/mol. The number of esters is 1. The van der Waals surface area contributed by atoms with Crippen molar-refractivity contribution < 1.29 is 9.53 Å². The number of ether oxygens (including phenoxy) is 1. The number of nitrogens with one attached hydrogen (secondary N) is 1. The van der Waals surface area contributed by atoms with Gasteiger partial charge in [-0.05, 0) is 34.2 Å². The van der Waals surface area contributed by atoms with E-state index in [0.29, 0.717) is 0 Å². The highest BCUT2D eigenvalue weighted by atomic mass is 16.6. The molecule has 0 aliphatic heterocycles. The Bertz CT molecular complexity index is 161. The fraction of sp³-hybridized carbons (Fsp3) is 0.900. The third-order valence-corrected chi connectivity index (χ3v) is 1.62. The molecule has 1 N–H and O–H groups in total. The molecule has 3 heteroatoms. The summed E-state index contributed by atoms with van der Waals surface area (Å²) >= 11 is 0. The molecular formula is C10H21NO2. The third-order valence-electron chi connectivity index (χ3n) is 1.62. The first-order valence-corrected chi connectivity index (χ1v) is 4.81. The lowest BCUT2D eigenvalue weighted by atomic mass is 10.1. The van der Waals surface area contributed by atoms with Gasteiger partial charge in [0, 0.05) is 0 Å². The minimum absolute atomic E-state index is 0.156. The van der Waals surface area contributed by atoms with Crippen molar-refractivity contribution in [2.75, 3.05) is 7.05 Å². The summed E-state index contributed by atoms with van der Waals surface area (Å²) in [5.41, 5.74) is -0.389. The lowest BCUT2D eigenvalue weighted by Gasteiger charge is -2.23. The minimum atomic E-state index is -0.389. The van der Waals surface area contributed by atoms with Gasteiger partial charge in [0.1, 0.15) is 11.6 Å². The predicted molar refractivity (Wildman–Crippen MR) is 53.6 cm³/mol. The summed E-state index contributed by atoms with van der Waals surface area (Å²) in [7, 11) is 1.78. The normalized spacial score (nSPS) is 13.9. The highest BCUT2D eigenvalue weighted by Gasteiger charge is 2.22. The Morgan fingerprint density at radius 3 is 2.31 bits per heavy atom. The van der Waals surface area contributed by atoms with E-state index in [1.54, 1.807) is 7.05 Å². The number of carbonyl (C=O) groups is 1.